The molecule has 1 aromatic heterocycles. The molecule has 2 heterocycles. The lowest BCUT2D eigenvalue weighted by Crippen LogP contribution is -2.47. The summed E-state index contributed by atoms with van der Waals surface area (Å²) in [5.41, 5.74) is 1.98. The molecule has 1 saturated heterocycles. The Morgan fingerprint density at radius 3 is 2.45 bits per heavy atom. The van der Waals surface area contributed by atoms with E-state index in [9.17, 15) is 5.11 Å². The highest BCUT2D eigenvalue weighted by atomic mass is 16.3. The highest BCUT2D eigenvalue weighted by Crippen LogP contribution is 2.09. The second-order valence-corrected chi connectivity index (χ2v) is 5.89. The fraction of sp³-hybridized carbons (Fsp3) is 0.500. The van der Waals surface area contributed by atoms with E-state index in [2.05, 4.69) is 20.0 Å². The zero-order chi connectivity index (χ0) is 15.4. The van der Waals surface area contributed by atoms with Crippen LogP contribution in [0.3, 0.4) is 0 Å². The van der Waals surface area contributed by atoms with Crippen LogP contribution in [0.25, 0.3) is 5.69 Å². The molecule has 6 nitrogen and oxygen atoms in total. The third-order valence-corrected chi connectivity index (χ3v) is 3.90. The first kappa shape index (κ1) is 15.1. The Labute approximate surface area is 131 Å². The minimum absolute atomic E-state index is 0.252. The second-order valence-electron chi connectivity index (χ2n) is 5.89. The summed E-state index contributed by atoms with van der Waals surface area (Å²) >= 11 is 0. The summed E-state index contributed by atoms with van der Waals surface area (Å²) in [6.07, 6.45) is 1.59. The molecule has 118 valence electrons. The van der Waals surface area contributed by atoms with Gasteiger partial charge >= 0.3 is 0 Å². The van der Waals surface area contributed by atoms with Crippen LogP contribution < -0.4 is 0 Å². The molecule has 1 fully saturated rings. The van der Waals surface area contributed by atoms with Gasteiger partial charge in [0.05, 0.1) is 23.7 Å². The van der Waals surface area contributed by atoms with Crippen LogP contribution >= 0.6 is 0 Å². The molecule has 0 aliphatic carbocycles. The van der Waals surface area contributed by atoms with E-state index in [1.54, 1.807) is 4.80 Å². The molecular formula is C16H23N5O. The Balaban J connectivity index is 1.54. The first-order valence-corrected chi connectivity index (χ1v) is 7.80. The number of benzene rings is 1. The predicted molar refractivity (Wildman–Crippen MR) is 84.8 cm³/mol. The molecule has 1 aliphatic rings. The molecule has 3 rings (SSSR count). The highest BCUT2D eigenvalue weighted by molar-refractivity contribution is 5.28. The zero-order valence-corrected chi connectivity index (χ0v) is 13.0. The van der Waals surface area contributed by atoms with E-state index in [1.807, 2.05) is 43.5 Å². The standard InChI is InChI=1S/C16H23N5O/c1-14(22)12-19-7-9-20(10-8-19)13-15-11-17-21(18-15)16-5-3-2-4-6-16/h2-6,11,14,22H,7-10,12-13H2,1H3/t14-/m0/s1. The molecule has 0 spiro atoms. The molecule has 0 bridgehead atoms. The van der Waals surface area contributed by atoms with Crippen molar-refractivity contribution >= 4 is 0 Å². The number of hydrogen-bond donors (Lipinski definition) is 1. The highest BCUT2D eigenvalue weighted by Gasteiger charge is 2.18. The van der Waals surface area contributed by atoms with E-state index >= 15 is 0 Å². The van der Waals surface area contributed by atoms with Gasteiger partial charge in [-0.1, -0.05) is 18.2 Å². The summed E-state index contributed by atoms with van der Waals surface area (Å²) in [4.78, 5) is 6.37. The van der Waals surface area contributed by atoms with Gasteiger partial charge in [-0.3, -0.25) is 9.80 Å². The maximum absolute atomic E-state index is 9.44. The SMILES string of the molecule is C[C@H](O)CN1CCN(Cc2cnn(-c3ccccc3)n2)CC1. The second kappa shape index (κ2) is 7.00. The van der Waals surface area contributed by atoms with Crippen molar-refractivity contribution in [2.24, 2.45) is 0 Å². The van der Waals surface area contributed by atoms with Crippen molar-refractivity contribution in [3.8, 4) is 5.69 Å². The molecule has 1 aromatic carbocycles. The van der Waals surface area contributed by atoms with Gasteiger partial charge in [0, 0.05) is 39.3 Å². The van der Waals surface area contributed by atoms with Crippen molar-refractivity contribution in [1.82, 2.24) is 24.8 Å². The smallest absolute Gasteiger partial charge is 0.0971 e. The molecule has 0 amide bonds. The topological polar surface area (TPSA) is 57.4 Å². The molecule has 22 heavy (non-hydrogen) atoms. The third kappa shape index (κ3) is 3.91. The Hall–Kier alpha value is -1.76. The summed E-state index contributed by atoms with van der Waals surface area (Å²) in [7, 11) is 0. The Kier molecular flexibility index (Phi) is 4.82. The predicted octanol–water partition coefficient (Wildman–Crippen LogP) is 0.766. The Bertz CT molecular complexity index is 575. The zero-order valence-electron chi connectivity index (χ0n) is 13.0. The van der Waals surface area contributed by atoms with Crippen LogP contribution in [0.2, 0.25) is 0 Å². The number of piperazine rings is 1. The van der Waals surface area contributed by atoms with Gasteiger partial charge in [0.2, 0.25) is 0 Å². The van der Waals surface area contributed by atoms with Crippen molar-refractivity contribution in [3.63, 3.8) is 0 Å². The summed E-state index contributed by atoms with van der Waals surface area (Å²) in [5, 5.41) is 18.3. The van der Waals surface area contributed by atoms with Gasteiger partial charge in [-0.2, -0.15) is 15.0 Å². The maximum Gasteiger partial charge on any atom is 0.0971 e. The maximum atomic E-state index is 9.44. The lowest BCUT2D eigenvalue weighted by atomic mass is 10.2. The van der Waals surface area contributed by atoms with Crippen LogP contribution in [-0.2, 0) is 6.54 Å². The molecule has 1 N–H and O–H groups in total. The summed E-state index contributed by atoms with van der Waals surface area (Å²) < 4.78 is 0. The number of hydrogen-bond acceptors (Lipinski definition) is 5. The van der Waals surface area contributed by atoms with Crippen molar-refractivity contribution in [3.05, 3.63) is 42.2 Å². The van der Waals surface area contributed by atoms with E-state index in [1.165, 1.54) is 0 Å². The number of aliphatic hydroxyl groups is 1. The van der Waals surface area contributed by atoms with E-state index < -0.39 is 0 Å². The van der Waals surface area contributed by atoms with E-state index in [0.29, 0.717) is 0 Å². The fourth-order valence-corrected chi connectivity index (χ4v) is 2.79. The lowest BCUT2D eigenvalue weighted by Gasteiger charge is -2.34. The molecule has 6 heteroatoms. The molecule has 1 atom stereocenters. The number of rotatable bonds is 5. The van der Waals surface area contributed by atoms with E-state index in [0.717, 1.165) is 50.6 Å². The van der Waals surface area contributed by atoms with Gasteiger partial charge in [-0.15, -0.1) is 0 Å². The van der Waals surface area contributed by atoms with Gasteiger partial charge in [0.15, 0.2) is 0 Å². The number of aliphatic hydroxyl groups excluding tert-OH is 1. The normalized spacial score (nSPS) is 18.5. The average molecular weight is 301 g/mol. The molecule has 1 aliphatic heterocycles. The molecular weight excluding hydrogens is 278 g/mol. The van der Waals surface area contributed by atoms with Crippen molar-refractivity contribution < 1.29 is 5.11 Å². The van der Waals surface area contributed by atoms with Gasteiger partial charge in [0.1, 0.15) is 0 Å². The van der Waals surface area contributed by atoms with Crippen LogP contribution in [-0.4, -0.2) is 68.7 Å². The van der Waals surface area contributed by atoms with Gasteiger partial charge in [-0.25, -0.2) is 0 Å². The molecule has 2 aromatic rings. The average Bonchev–Trinajstić information content (AvgIpc) is 2.98. The Morgan fingerprint density at radius 1 is 1.09 bits per heavy atom. The van der Waals surface area contributed by atoms with Gasteiger partial charge in [0.25, 0.3) is 0 Å². The molecule has 0 radical (unpaired) electrons. The number of para-hydroxylation sites is 1. The monoisotopic (exact) mass is 301 g/mol. The largest absolute Gasteiger partial charge is 0.392 e. The summed E-state index contributed by atoms with van der Waals surface area (Å²) in [6.45, 7) is 7.44. The number of nitrogens with zero attached hydrogens (tertiary/aromatic N) is 5. The minimum atomic E-state index is -0.252. The van der Waals surface area contributed by atoms with Crippen LogP contribution in [0.5, 0.6) is 0 Å². The van der Waals surface area contributed by atoms with Crippen LogP contribution in [0.15, 0.2) is 36.5 Å². The van der Waals surface area contributed by atoms with Gasteiger partial charge in [-0.05, 0) is 19.1 Å². The van der Waals surface area contributed by atoms with Crippen LogP contribution in [0.4, 0.5) is 0 Å². The number of aromatic nitrogens is 3. The lowest BCUT2D eigenvalue weighted by molar-refractivity contribution is 0.0776. The van der Waals surface area contributed by atoms with Crippen molar-refractivity contribution in [2.75, 3.05) is 32.7 Å². The minimum Gasteiger partial charge on any atom is -0.392 e. The van der Waals surface area contributed by atoms with Crippen molar-refractivity contribution in [2.45, 2.75) is 19.6 Å². The Morgan fingerprint density at radius 2 is 1.77 bits per heavy atom. The summed E-state index contributed by atoms with van der Waals surface area (Å²) in [6, 6.07) is 9.96. The third-order valence-electron chi connectivity index (χ3n) is 3.90. The molecule has 0 unspecified atom stereocenters. The van der Waals surface area contributed by atoms with Gasteiger partial charge < -0.3 is 5.11 Å². The quantitative estimate of drug-likeness (QED) is 0.884. The van der Waals surface area contributed by atoms with E-state index in [-0.39, 0.29) is 6.10 Å². The van der Waals surface area contributed by atoms with E-state index in [4.69, 9.17) is 0 Å². The first-order valence-electron chi connectivity index (χ1n) is 7.80. The molecule has 0 saturated carbocycles. The van der Waals surface area contributed by atoms with Crippen molar-refractivity contribution in [1.29, 1.82) is 0 Å². The first-order chi connectivity index (χ1) is 10.7. The fourth-order valence-electron chi connectivity index (χ4n) is 2.79. The van der Waals surface area contributed by atoms with Crippen LogP contribution in [0, 0.1) is 0 Å². The number of β-amino-alcohol motifs (C(OH)–C–C–N with tert-alkyl or cyclic N) is 1. The van der Waals surface area contributed by atoms with Crippen LogP contribution in [0.1, 0.15) is 12.6 Å². The summed E-state index contributed by atoms with van der Waals surface area (Å²) in [5.74, 6) is 0.